The Bertz CT molecular complexity index is 1300. The largest absolute Gasteiger partial charge is 0.465 e. The molecular formula is C27H22ClNO3. The van der Waals surface area contributed by atoms with Gasteiger partial charge in [-0.1, -0.05) is 60.1 Å². The van der Waals surface area contributed by atoms with Crippen LogP contribution in [0.5, 0.6) is 0 Å². The average molecular weight is 444 g/mol. The van der Waals surface area contributed by atoms with E-state index >= 15 is 0 Å². The van der Waals surface area contributed by atoms with Gasteiger partial charge in [-0.05, 0) is 47.9 Å². The molecule has 32 heavy (non-hydrogen) atoms. The van der Waals surface area contributed by atoms with Gasteiger partial charge in [0, 0.05) is 34.5 Å². The highest BCUT2D eigenvalue weighted by Crippen LogP contribution is 2.20. The zero-order valence-electron chi connectivity index (χ0n) is 17.7. The van der Waals surface area contributed by atoms with E-state index in [-0.39, 0.29) is 11.8 Å². The summed E-state index contributed by atoms with van der Waals surface area (Å²) in [6.07, 6.45) is 1.40. The van der Waals surface area contributed by atoms with Gasteiger partial charge in [-0.25, -0.2) is 4.79 Å². The number of hydrogen-bond acceptors (Lipinski definition) is 4. The smallest absolute Gasteiger partial charge is 0.338 e. The van der Waals surface area contributed by atoms with Crippen LogP contribution in [0.25, 0.3) is 10.9 Å². The molecule has 1 aromatic heterocycles. The highest BCUT2D eigenvalue weighted by atomic mass is 35.5. The van der Waals surface area contributed by atoms with Crippen molar-refractivity contribution >= 4 is 34.3 Å². The zero-order chi connectivity index (χ0) is 22.5. The van der Waals surface area contributed by atoms with Crippen molar-refractivity contribution in [2.45, 2.75) is 19.3 Å². The van der Waals surface area contributed by atoms with Gasteiger partial charge in [-0.3, -0.25) is 9.78 Å². The maximum absolute atomic E-state index is 12.8. The number of benzene rings is 3. The topological polar surface area (TPSA) is 56.3 Å². The monoisotopic (exact) mass is 443 g/mol. The Labute approximate surface area is 191 Å². The number of fused-ring (bicyclic) bond motifs is 1. The molecule has 160 valence electrons. The molecule has 1 heterocycles. The van der Waals surface area contributed by atoms with Crippen LogP contribution >= 0.6 is 11.6 Å². The molecule has 0 N–H and O–H groups in total. The molecule has 0 aliphatic carbocycles. The predicted octanol–water partition coefficient (Wildman–Crippen LogP) is 6.08. The van der Waals surface area contributed by atoms with Crippen molar-refractivity contribution in [2.24, 2.45) is 0 Å². The van der Waals surface area contributed by atoms with E-state index in [2.05, 4.69) is 0 Å². The lowest BCUT2D eigenvalue weighted by Gasteiger charge is -2.08. The number of ketones is 1. The number of aromatic nitrogens is 1. The number of rotatable bonds is 7. The summed E-state index contributed by atoms with van der Waals surface area (Å²) in [5.41, 5.74) is 4.74. The van der Waals surface area contributed by atoms with Crippen molar-refractivity contribution in [2.75, 3.05) is 7.11 Å². The molecule has 0 fully saturated rings. The Hall–Kier alpha value is -3.50. The van der Waals surface area contributed by atoms with Gasteiger partial charge in [0.2, 0.25) is 0 Å². The second kappa shape index (κ2) is 9.75. The molecule has 0 saturated heterocycles. The van der Waals surface area contributed by atoms with Crippen molar-refractivity contribution < 1.29 is 14.3 Å². The first-order valence-corrected chi connectivity index (χ1v) is 10.7. The molecule has 0 radical (unpaired) electrons. The second-order valence-electron chi connectivity index (χ2n) is 7.59. The van der Waals surface area contributed by atoms with E-state index in [1.54, 1.807) is 12.1 Å². The predicted molar refractivity (Wildman–Crippen MR) is 126 cm³/mol. The third-order valence-electron chi connectivity index (χ3n) is 5.39. The minimum atomic E-state index is -0.390. The summed E-state index contributed by atoms with van der Waals surface area (Å²) in [7, 11) is 1.36. The maximum atomic E-state index is 12.8. The molecule has 3 aromatic carbocycles. The average Bonchev–Trinajstić information content (AvgIpc) is 2.82. The summed E-state index contributed by atoms with van der Waals surface area (Å²) in [6.45, 7) is 0. The molecule has 0 spiro atoms. The fourth-order valence-electron chi connectivity index (χ4n) is 3.73. The van der Waals surface area contributed by atoms with Crippen molar-refractivity contribution in [1.29, 1.82) is 0 Å². The number of methoxy groups -OCH3 is 1. The highest BCUT2D eigenvalue weighted by Gasteiger charge is 2.13. The van der Waals surface area contributed by atoms with Gasteiger partial charge in [0.15, 0.2) is 5.78 Å². The van der Waals surface area contributed by atoms with Crippen LogP contribution in [-0.4, -0.2) is 23.8 Å². The Morgan fingerprint density at radius 2 is 1.75 bits per heavy atom. The Kier molecular flexibility index (Phi) is 6.62. The van der Waals surface area contributed by atoms with Crippen LogP contribution in [0.4, 0.5) is 0 Å². The molecule has 0 amide bonds. The van der Waals surface area contributed by atoms with E-state index in [1.807, 2.05) is 66.7 Å². The standard InChI is InChI=1S/C27H22ClNO3/c1-32-27(31)24-8-3-2-6-19(24)11-14-26(30)21-7-4-5-18(15-21)16-23-13-10-20-9-12-22(28)17-25(20)29-23/h2-10,12-13,15,17H,11,14,16H2,1H3. The number of aryl methyl sites for hydroxylation is 1. The summed E-state index contributed by atoms with van der Waals surface area (Å²) < 4.78 is 4.84. The first-order chi connectivity index (χ1) is 15.5. The number of ether oxygens (including phenoxy) is 1. The van der Waals surface area contributed by atoms with Crippen LogP contribution in [0.3, 0.4) is 0 Å². The first-order valence-electron chi connectivity index (χ1n) is 10.4. The quantitative estimate of drug-likeness (QED) is 0.256. The van der Waals surface area contributed by atoms with Crippen LogP contribution in [0.15, 0.2) is 78.9 Å². The molecule has 0 bridgehead atoms. The molecule has 4 rings (SSSR count). The molecule has 0 aliphatic heterocycles. The summed E-state index contributed by atoms with van der Waals surface area (Å²) in [5.74, 6) is -0.357. The Morgan fingerprint density at radius 3 is 2.59 bits per heavy atom. The minimum absolute atomic E-state index is 0.0322. The first kappa shape index (κ1) is 21.7. The molecule has 4 aromatic rings. The fourth-order valence-corrected chi connectivity index (χ4v) is 3.90. The van der Waals surface area contributed by atoms with Crippen LogP contribution in [0.2, 0.25) is 5.02 Å². The molecule has 0 saturated carbocycles. The number of Topliss-reactive ketones (excluding diaryl/α,β-unsaturated/α-hetero) is 1. The van der Waals surface area contributed by atoms with Gasteiger partial charge in [0.25, 0.3) is 0 Å². The van der Waals surface area contributed by atoms with Crippen molar-refractivity contribution in [3.63, 3.8) is 0 Å². The van der Waals surface area contributed by atoms with Gasteiger partial charge in [0.05, 0.1) is 18.2 Å². The summed E-state index contributed by atoms with van der Waals surface area (Å²) in [5, 5.41) is 1.69. The van der Waals surface area contributed by atoms with Crippen molar-refractivity contribution in [3.8, 4) is 0 Å². The van der Waals surface area contributed by atoms with E-state index in [0.717, 1.165) is 27.7 Å². The lowest BCUT2D eigenvalue weighted by atomic mass is 9.97. The second-order valence-corrected chi connectivity index (χ2v) is 8.03. The van der Waals surface area contributed by atoms with E-state index in [9.17, 15) is 9.59 Å². The lowest BCUT2D eigenvalue weighted by Crippen LogP contribution is -2.08. The minimum Gasteiger partial charge on any atom is -0.465 e. The number of pyridine rings is 1. The molecule has 0 atom stereocenters. The van der Waals surface area contributed by atoms with Gasteiger partial charge >= 0.3 is 5.97 Å². The molecular weight excluding hydrogens is 422 g/mol. The van der Waals surface area contributed by atoms with E-state index in [0.29, 0.717) is 35.4 Å². The number of carbonyl (C=O) groups excluding carboxylic acids is 2. The van der Waals surface area contributed by atoms with Gasteiger partial charge in [-0.15, -0.1) is 0 Å². The van der Waals surface area contributed by atoms with Crippen LogP contribution < -0.4 is 0 Å². The van der Waals surface area contributed by atoms with E-state index in [1.165, 1.54) is 7.11 Å². The fraction of sp³-hybridized carbons (Fsp3) is 0.148. The normalized spacial score (nSPS) is 10.8. The third kappa shape index (κ3) is 5.04. The Balaban J connectivity index is 1.47. The van der Waals surface area contributed by atoms with E-state index in [4.69, 9.17) is 21.3 Å². The van der Waals surface area contributed by atoms with Gasteiger partial charge < -0.3 is 4.74 Å². The summed E-state index contributed by atoms with van der Waals surface area (Å²) in [6, 6.07) is 24.5. The highest BCUT2D eigenvalue weighted by molar-refractivity contribution is 6.31. The zero-order valence-corrected chi connectivity index (χ0v) is 18.4. The van der Waals surface area contributed by atoms with Crippen LogP contribution in [-0.2, 0) is 17.6 Å². The van der Waals surface area contributed by atoms with Crippen molar-refractivity contribution in [1.82, 2.24) is 4.98 Å². The van der Waals surface area contributed by atoms with Gasteiger partial charge in [0.1, 0.15) is 0 Å². The third-order valence-corrected chi connectivity index (χ3v) is 5.63. The van der Waals surface area contributed by atoms with Crippen LogP contribution in [0.1, 0.15) is 44.0 Å². The summed E-state index contributed by atoms with van der Waals surface area (Å²) in [4.78, 5) is 29.5. The van der Waals surface area contributed by atoms with E-state index < -0.39 is 0 Å². The SMILES string of the molecule is COC(=O)c1ccccc1CCC(=O)c1cccc(Cc2ccc3ccc(Cl)cc3n2)c1. The molecule has 4 nitrogen and oxygen atoms in total. The van der Waals surface area contributed by atoms with Gasteiger partial charge in [-0.2, -0.15) is 0 Å². The molecule has 5 heteroatoms. The number of hydrogen-bond donors (Lipinski definition) is 0. The van der Waals surface area contributed by atoms with Crippen LogP contribution in [0, 0.1) is 0 Å². The molecule has 0 unspecified atom stereocenters. The number of halogens is 1. The Morgan fingerprint density at radius 1 is 0.938 bits per heavy atom. The number of esters is 1. The van der Waals surface area contributed by atoms with Crippen molar-refractivity contribution in [3.05, 3.63) is 112 Å². The number of nitrogens with zero attached hydrogens (tertiary/aromatic N) is 1. The number of carbonyl (C=O) groups is 2. The summed E-state index contributed by atoms with van der Waals surface area (Å²) >= 11 is 6.09. The lowest BCUT2D eigenvalue weighted by molar-refractivity contribution is 0.0599. The molecule has 0 aliphatic rings. The maximum Gasteiger partial charge on any atom is 0.338 e.